The molecule has 2 N–H and O–H groups in total. The number of halogens is 1. The third-order valence-electron chi connectivity index (χ3n) is 5.71. The van der Waals surface area contributed by atoms with Crippen LogP contribution in [0.5, 0.6) is 0 Å². The minimum Gasteiger partial charge on any atom is -0.445 e. The Morgan fingerprint density at radius 1 is 1.25 bits per heavy atom. The van der Waals surface area contributed by atoms with E-state index in [1.54, 1.807) is 26.2 Å². The number of aliphatic imine (C=N–C) groups is 1. The number of nitrogens with two attached hydrogens (primary N) is 1. The molecule has 0 bridgehead atoms. The van der Waals surface area contributed by atoms with E-state index in [2.05, 4.69) is 15.8 Å². The Morgan fingerprint density at radius 3 is 2.62 bits per heavy atom. The first-order valence-corrected chi connectivity index (χ1v) is 12.5. The SMILES string of the molecule is C=S1(=O)C[C@@](C)(c2sc3c(-c4ccc(-c5ncco5)cc4)cccc3c2F)N=C(N)N1C. The van der Waals surface area contributed by atoms with Gasteiger partial charge in [-0.3, -0.25) is 4.31 Å². The molecule has 2 aromatic carbocycles. The maximum Gasteiger partial charge on any atom is 0.225 e. The summed E-state index contributed by atoms with van der Waals surface area (Å²) in [6.07, 6.45) is 3.13. The maximum atomic E-state index is 15.6. The molecule has 0 aliphatic carbocycles. The van der Waals surface area contributed by atoms with Gasteiger partial charge in [0.15, 0.2) is 0 Å². The normalized spacial score (nSPS) is 23.5. The van der Waals surface area contributed by atoms with Crippen LogP contribution in [0, 0.1) is 5.82 Å². The van der Waals surface area contributed by atoms with Crippen molar-refractivity contribution in [3.05, 3.63) is 65.6 Å². The van der Waals surface area contributed by atoms with Crippen LogP contribution in [0.2, 0.25) is 0 Å². The van der Waals surface area contributed by atoms with Gasteiger partial charge in [-0.15, -0.1) is 11.3 Å². The third kappa shape index (κ3) is 3.20. The van der Waals surface area contributed by atoms with Gasteiger partial charge in [0, 0.05) is 22.7 Å². The quantitative estimate of drug-likeness (QED) is 0.450. The van der Waals surface area contributed by atoms with Crippen molar-refractivity contribution in [2.75, 3.05) is 12.8 Å². The molecule has 0 spiro atoms. The van der Waals surface area contributed by atoms with E-state index in [-0.39, 0.29) is 17.5 Å². The minimum absolute atomic E-state index is 0.0844. The van der Waals surface area contributed by atoms with E-state index in [1.165, 1.54) is 21.9 Å². The van der Waals surface area contributed by atoms with Gasteiger partial charge in [0.25, 0.3) is 0 Å². The lowest BCUT2D eigenvalue weighted by atomic mass is 10.00. The van der Waals surface area contributed by atoms with Crippen molar-refractivity contribution in [3.63, 3.8) is 0 Å². The van der Waals surface area contributed by atoms with Gasteiger partial charge in [0.1, 0.15) is 17.6 Å². The number of thiophene rings is 1. The predicted molar refractivity (Wildman–Crippen MR) is 130 cm³/mol. The summed E-state index contributed by atoms with van der Waals surface area (Å²) in [6, 6.07) is 13.3. The van der Waals surface area contributed by atoms with Gasteiger partial charge < -0.3 is 10.2 Å². The molecule has 4 aromatic rings. The summed E-state index contributed by atoms with van der Waals surface area (Å²) < 4.78 is 36.2. The first kappa shape index (κ1) is 20.7. The van der Waals surface area contributed by atoms with Crippen LogP contribution in [0.25, 0.3) is 32.7 Å². The Morgan fingerprint density at radius 2 is 1.97 bits per heavy atom. The van der Waals surface area contributed by atoms with E-state index in [4.69, 9.17) is 10.2 Å². The third-order valence-corrected chi connectivity index (χ3v) is 9.37. The topological polar surface area (TPSA) is 84.7 Å². The fraction of sp³-hybridized carbons (Fsp3) is 0.174. The van der Waals surface area contributed by atoms with Crippen LogP contribution >= 0.6 is 11.3 Å². The number of oxazole rings is 1. The summed E-state index contributed by atoms with van der Waals surface area (Å²) in [5.74, 6) is 4.19. The Balaban J connectivity index is 1.64. The molecule has 0 fully saturated rings. The molecule has 2 atom stereocenters. The van der Waals surface area contributed by atoms with Gasteiger partial charge in [-0.05, 0) is 36.1 Å². The Labute approximate surface area is 189 Å². The van der Waals surface area contributed by atoms with E-state index in [0.29, 0.717) is 16.2 Å². The highest BCUT2D eigenvalue weighted by molar-refractivity contribution is 7.98. The largest absolute Gasteiger partial charge is 0.445 e. The van der Waals surface area contributed by atoms with Crippen LogP contribution in [-0.4, -0.2) is 38.1 Å². The molecule has 32 heavy (non-hydrogen) atoms. The molecule has 0 amide bonds. The number of fused-ring (bicyclic) bond motifs is 1. The number of rotatable bonds is 3. The summed E-state index contributed by atoms with van der Waals surface area (Å²) >= 11 is 1.32. The van der Waals surface area contributed by atoms with Crippen molar-refractivity contribution in [1.29, 1.82) is 0 Å². The number of hydrogen-bond acceptors (Lipinski definition) is 6. The predicted octanol–water partition coefficient (Wildman–Crippen LogP) is 4.47. The van der Waals surface area contributed by atoms with Gasteiger partial charge in [-0.25, -0.2) is 18.6 Å². The highest BCUT2D eigenvalue weighted by atomic mass is 32.2. The standard InChI is InChI=1S/C23H21FN4O2S2/c1-23(13-32(3,29)28(2)22(25)27-23)20-18(24)17-6-4-5-16(19(17)31-20)14-7-9-15(10-8-14)21-26-11-12-30-21/h4-12H,3,13H2,1-2H3,(H2,25,27)/t23-,32?/m0/s1. The number of benzene rings is 2. The molecule has 2 aromatic heterocycles. The summed E-state index contributed by atoms with van der Waals surface area (Å²) in [4.78, 5) is 9.09. The van der Waals surface area contributed by atoms with Gasteiger partial charge in [-0.2, -0.15) is 0 Å². The van der Waals surface area contributed by atoms with Gasteiger partial charge >= 0.3 is 0 Å². The first-order chi connectivity index (χ1) is 15.2. The highest BCUT2D eigenvalue weighted by Crippen LogP contribution is 2.44. The second kappa shape index (κ2) is 7.18. The molecule has 3 heterocycles. The summed E-state index contributed by atoms with van der Waals surface area (Å²) in [5, 5.41) is 0.503. The minimum atomic E-state index is -2.71. The lowest BCUT2D eigenvalue weighted by molar-refractivity contribution is 0.495. The molecule has 0 saturated carbocycles. The zero-order chi connectivity index (χ0) is 22.7. The second-order valence-electron chi connectivity index (χ2n) is 8.00. The molecule has 9 heteroatoms. The fourth-order valence-corrected chi connectivity index (χ4v) is 7.06. The number of hydrogen-bond donors (Lipinski definition) is 1. The van der Waals surface area contributed by atoms with E-state index in [0.717, 1.165) is 21.4 Å². The molecular weight excluding hydrogens is 447 g/mol. The number of nitrogens with zero attached hydrogens (tertiary/aromatic N) is 3. The van der Waals surface area contributed by atoms with Crippen molar-refractivity contribution in [1.82, 2.24) is 9.29 Å². The fourth-order valence-electron chi connectivity index (χ4n) is 4.00. The zero-order valence-corrected chi connectivity index (χ0v) is 19.2. The molecule has 1 aliphatic rings. The van der Waals surface area contributed by atoms with E-state index in [1.807, 2.05) is 36.4 Å². The zero-order valence-electron chi connectivity index (χ0n) is 17.5. The molecule has 1 aliphatic heterocycles. The summed E-state index contributed by atoms with van der Waals surface area (Å²) in [7, 11) is -1.11. The number of aromatic nitrogens is 1. The number of guanidine groups is 1. The van der Waals surface area contributed by atoms with Crippen LogP contribution < -0.4 is 5.73 Å². The lowest BCUT2D eigenvalue weighted by Gasteiger charge is -2.36. The van der Waals surface area contributed by atoms with E-state index >= 15 is 4.39 Å². The van der Waals surface area contributed by atoms with Crippen LogP contribution in [0.1, 0.15) is 11.8 Å². The van der Waals surface area contributed by atoms with Crippen LogP contribution in [0.15, 0.2) is 64.3 Å². The molecule has 0 radical (unpaired) electrons. The Kier molecular flexibility index (Phi) is 4.65. The van der Waals surface area contributed by atoms with Crippen LogP contribution in [0.3, 0.4) is 0 Å². The average molecular weight is 469 g/mol. The van der Waals surface area contributed by atoms with Gasteiger partial charge in [0.05, 0.1) is 26.5 Å². The van der Waals surface area contributed by atoms with E-state index in [9.17, 15) is 4.21 Å². The molecule has 1 unspecified atom stereocenters. The Hall–Kier alpha value is -3.17. The van der Waals surface area contributed by atoms with Crippen molar-refractivity contribution < 1.29 is 13.0 Å². The Bertz CT molecular complexity index is 1460. The van der Waals surface area contributed by atoms with Gasteiger partial charge in [-0.1, -0.05) is 30.3 Å². The van der Waals surface area contributed by atoms with Crippen molar-refractivity contribution in [2.45, 2.75) is 12.5 Å². The van der Waals surface area contributed by atoms with Crippen LogP contribution in [-0.2, 0) is 15.2 Å². The van der Waals surface area contributed by atoms with E-state index < -0.39 is 15.2 Å². The molecule has 164 valence electrons. The molecular formula is C23H21FN4O2S2. The van der Waals surface area contributed by atoms with Crippen molar-refractivity contribution in [3.8, 4) is 22.6 Å². The summed E-state index contributed by atoms with van der Waals surface area (Å²) in [6.45, 7) is 1.76. The first-order valence-electron chi connectivity index (χ1n) is 9.85. The van der Waals surface area contributed by atoms with Crippen LogP contribution in [0.4, 0.5) is 4.39 Å². The average Bonchev–Trinajstić information content (AvgIpc) is 3.41. The van der Waals surface area contributed by atoms with Crippen molar-refractivity contribution >= 4 is 43.0 Å². The van der Waals surface area contributed by atoms with Gasteiger partial charge in [0.2, 0.25) is 11.9 Å². The summed E-state index contributed by atoms with van der Waals surface area (Å²) in [5.41, 5.74) is 7.66. The second-order valence-corrected chi connectivity index (χ2v) is 11.4. The molecule has 5 rings (SSSR count). The molecule has 6 nitrogen and oxygen atoms in total. The maximum absolute atomic E-state index is 15.6. The highest BCUT2D eigenvalue weighted by Gasteiger charge is 2.40. The molecule has 0 saturated heterocycles. The monoisotopic (exact) mass is 468 g/mol. The van der Waals surface area contributed by atoms with Crippen molar-refractivity contribution in [2.24, 2.45) is 10.7 Å². The smallest absolute Gasteiger partial charge is 0.225 e. The lowest BCUT2D eigenvalue weighted by Crippen LogP contribution is -2.50.